The molecule has 0 radical (unpaired) electrons. The summed E-state index contributed by atoms with van der Waals surface area (Å²) in [4.78, 5) is 4.92. The van der Waals surface area contributed by atoms with E-state index in [1.807, 2.05) is 22.9 Å². The molecule has 84 valence electrons. The minimum atomic E-state index is -0.228. The molecule has 1 aromatic rings. The molecule has 3 nitrogen and oxygen atoms in total. The van der Waals surface area contributed by atoms with Gasteiger partial charge < -0.3 is 14.9 Å². The number of hydrogen-bond donors (Lipinski definition) is 1. The molecule has 1 N–H and O–H groups in total. The summed E-state index contributed by atoms with van der Waals surface area (Å²) < 4.78 is 13.2. The van der Waals surface area contributed by atoms with Gasteiger partial charge in [-0.3, -0.25) is 0 Å². The molecule has 16 heavy (non-hydrogen) atoms. The highest BCUT2D eigenvalue weighted by molar-refractivity contribution is 8.00. The first-order chi connectivity index (χ1) is 7.70. The summed E-state index contributed by atoms with van der Waals surface area (Å²) >= 11 is 1.62. The fourth-order valence-electron chi connectivity index (χ4n) is 2.06. The molecule has 0 saturated carbocycles. The fourth-order valence-corrected chi connectivity index (χ4v) is 3.37. The van der Waals surface area contributed by atoms with Crippen molar-refractivity contribution < 1.29 is 9.50 Å². The zero-order chi connectivity index (χ0) is 11.3. The van der Waals surface area contributed by atoms with Gasteiger partial charge in [0.1, 0.15) is 12.5 Å². The molecule has 3 rings (SSSR count). The Morgan fingerprint density at radius 3 is 3.06 bits per heavy atom. The first-order valence-electron chi connectivity index (χ1n) is 5.01. The molecule has 0 aliphatic carbocycles. The van der Waals surface area contributed by atoms with E-state index in [4.69, 9.17) is 0 Å². The molecular formula is C11H11FN2OS. The molecule has 5 heteroatoms. The van der Waals surface area contributed by atoms with Crippen LogP contribution in [0, 0.1) is 5.82 Å². The van der Waals surface area contributed by atoms with Gasteiger partial charge in [-0.2, -0.15) is 0 Å². The molecule has 0 fully saturated rings. The van der Waals surface area contributed by atoms with Crippen LogP contribution in [-0.2, 0) is 0 Å². The van der Waals surface area contributed by atoms with Gasteiger partial charge in [0.05, 0.1) is 5.69 Å². The second-order valence-corrected chi connectivity index (χ2v) is 4.94. The summed E-state index contributed by atoms with van der Waals surface area (Å²) in [6, 6.07) is 4.78. The number of halogens is 1. The molecule has 0 amide bonds. The van der Waals surface area contributed by atoms with Crippen molar-refractivity contribution in [3.05, 3.63) is 35.9 Å². The number of benzene rings is 1. The van der Waals surface area contributed by atoms with Crippen LogP contribution in [0.4, 0.5) is 10.1 Å². The van der Waals surface area contributed by atoms with Crippen molar-refractivity contribution in [2.75, 3.05) is 11.6 Å². The lowest BCUT2D eigenvalue weighted by Gasteiger charge is -2.25. The summed E-state index contributed by atoms with van der Waals surface area (Å²) in [6.45, 7) is 1.92. The fraction of sp³-hybridized carbons (Fsp3) is 0.273. The predicted octanol–water partition coefficient (Wildman–Crippen LogP) is 2.15. The summed E-state index contributed by atoms with van der Waals surface area (Å²) in [7, 11) is 0. The maximum atomic E-state index is 13.2. The number of aliphatic hydroxyl groups is 1. The Hall–Kier alpha value is -1.20. The molecule has 1 atom stereocenters. The van der Waals surface area contributed by atoms with Crippen molar-refractivity contribution in [1.29, 1.82) is 0 Å². The Labute approximate surface area is 97.2 Å². The highest BCUT2D eigenvalue weighted by Crippen LogP contribution is 2.48. The van der Waals surface area contributed by atoms with E-state index in [1.54, 1.807) is 17.8 Å². The lowest BCUT2D eigenvalue weighted by Crippen LogP contribution is -2.34. The number of rotatable bonds is 1. The van der Waals surface area contributed by atoms with Gasteiger partial charge in [0, 0.05) is 16.8 Å². The van der Waals surface area contributed by atoms with Crippen LogP contribution >= 0.6 is 11.8 Å². The Morgan fingerprint density at radius 2 is 2.31 bits per heavy atom. The van der Waals surface area contributed by atoms with Gasteiger partial charge in [-0.1, -0.05) is 11.8 Å². The zero-order valence-corrected chi connectivity index (χ0v) is 9.54. The van der Waals surface area contributed by atoms with Gasteiger partial charge in [0.15, 0.2) is 5.50 Å². The molecule has 1 unspecified atom stereocenters. The topological polar surface area (TPSA) is 26.7 Å². The van der Waals surface area contributed by atoms with Crippen LogP contribution in [0.2, 0.25) is 0 Å². The molecule has 2 heterocycles. The average Bonchev–Trinajstić information content (AvgIpc) is 2.73. The lowest BCUT2D eigenvalue weighted by molar-refractivity contribution is 0.141. The third-order valence-corrected chi connectivity index (χ3v) is 4.16. The first kappa shape index (κ1) is 9.99. The van der Waals surface area contributed by atoms with Crippen molar-refractivity contribution >= 4 is 17.4 Å². The molecular weight excluding hydrogens is 227 g/mol. The van der Waals surface area contributed by atoms with Gasteiger partial charge in [-0.15, -0.1) is 0 Å². The Balaban J connectivity index is 2.05. The number of fused-ring (bicyclic) bond motifs is 3. The number of nitrogens with zero attached hydrogens (tertiary/aromatic N) is 2. The van der Waals surface area contributed by atoms with E-state index < -0.39 is 0 Å². The highest BCUT2D eigenvalue weighted by atomic mass is 32.2. The number of allylic oxidation sites excluding steroid dienone is 1. The van der Waals surface area contributed by atoms with E-state index >= 15 is 0 Å². The summed E-state index contributed by atoms with van der Waals surface area (Å²) in [5, 5.41) is 9.29. The van der Waals surface area contributed by atoms with Gasteiger partial charge >= 0.3 is 0 Å². The molecule has 0 aromatic heterocycles. The van der Waals surface area contributed by atoms with Crippen LogP contribution in [0.3, 0.4) is 0 Å². The third-order valence-electron chi connectivity index (χ3n) is 2.87. The van der Waals surface area contributed by atoms with Crippen LogP contribution in [-0.4, -0.2) is 22.2 Å². The van der Waals surface area contributed by atoms with Crippen molar-refractivity contribution in [1.82, 2.24) is 4.90 Å². The van der Waals surface area contributed by atoms with Crippen molar-refractivity contribution in [2.45, 2.75) is 17.3 Å². The average molecular weight is 238 g/mol. The van der Waals surface area contributed by atoms with Crippen molar-refractivity contribution in [2.24, 2.45) is 0 Å². The summed E-state index contributed by atoms with van der Waals surface area (Å²) in [5.74, 6) is -0.228. The van der Waals surface area contributed by atoms with Crippen molar-refractivity contribution in [3.63, 3.8) is 0 Å². The Bertz CT molecular complexity index is 477. The quantitative estimate of drug-likeness (QED) is 0.811. The SMILES string of the molecule is CC1=CN2c3cc(F)ccc3SC2N1CO. The van der Waals surface area contributed by atoms with E-state index in [1.165, 1.54) is 12.1 Å². The first-order valence-corrected chi connectivity index (χ1v) is 5.89. The largest absolute Gasteiger partial charge is 0.376 e. The lowest BCUT2D eigenvalue weighted by atomic mass is 10.3. The normalized spacial score (nSPS) is 22.2. The molecule has 0 saturated heterocycles. The second-order valence-electron chi connectivity index (χ2n) is 3.85. The minimum absolute atomic E-state index is 0.0209. The smallest absolute Gasteiger partial charge is 0.160 e. The van der Waals surface area contributed by atoms with E-state index in [0.29, 0.717) is 0 Å². The van der Waals surface area contributed by atoms with Gasteiger partial charge in [0.2, 0.25) is 0 Å². The van der Waals surface area contributed by atoms with Crippen LogP contribution in [0.15, 0.2) is 35.0 Å². The standard InChI is InChI=1S/C11H11FN2OS/c1-7-5-13-9-4-8(12)2-3-10(9)16-11(13)14(7)6-15/h2-5,11,15H,6H2,1H3. The van der Waals surface area contributed by atoms with Gasteiger partial charge in [-0.05, 0) is 25.1 Å². The van der Waals surface area contributed by atoms with E-state index in [9.17, 15) is 9.50 Å². The third kappa shape index (κ3) is 1.25. The minimum Gasteiger partial charge on any atom is -0.376 e. The van der Waals surface area contributed by atoms with E-state index in [-0.39, 0.29) is 18.0 Å². The molecule has 2 aliphatic heterocycles. The number of hydrogen-bond acceptors (Lipinski definition) is 4. The second kappa shape index (κ2) is 3.40. The molecule has 0 bridgehead atoms. The number of thioether (sulfide) groups is 1. The van der Waals surface area contributed by atoms with Crippen LogP contribution in [0.25, 0.3) is 0 Å². The number of anilines is 1. The zero-order valence-electron chi connectivity index (χ0n) is 8.72. The Morgan fingerprint density at radius 1 is 1.50 bits per heavy atom. The van der Waals surface area contributed by atoms with Crippen LogP contribution in [0.5, 0.6) is 0 Å². The van der Waals surface area contributed by atoms with Crippen molar-refractivity contribution in [3.8, 4) is 0 Å². The highest BCUT2D eigenvalue weighted by Gasteiger charge is 2.38. The Kier molecular flexibility index (Phi) is 2.12. The molecule has 2 aliphatic rings. The monoisotopic (exact) mass is 238 g/mol. The van der Waals surface area contributed by atoms with E-state index in [2.05, 4.69) is 0 Å². The maximum absolute atomic E-state index is 13.2. The molecule has 1 aromatic carbocycles. The van der Waals surface area contributed by atoms with Crippen LogP contribution < -0.4 is 4.90 Å². The number of aliphatic hydroxyl groups excluding tert-OH is 1. The summed E-state index contributed by atoms with van der Waals surface area (Å²) in [5.41, 5.74) is 1.90. The predicted molar refractivity (Wildman–Crippen MR) is 61.2 cm³/mol. The van der Waals surface area contributed by atoms with Gasteiger partial charge in [0.25, 0.3) is 0 Å². The van der Waals surface area contributed by atoms with Gasteiger partial charge in [-0.25, -0.2) is 4.39 Å². The molecule has 0 spiro atoms. The van der Waals surface area contributed by atoms with Crippen LogP contribution in [0.1, 0.15) is 6.92 Å². The summed E-state index contributed by atoms with van der Waals surface area (Å²) in [6.07, 6.45) is 1.94. The maximum Gasteiger partial charge on any atom is 0.160 e. The van der Waals surface area contributed by atoms with E-state index in [0.717, 1.165) is 16.3 Å².